The number of benzene rings is 1. The highest BCUT2D eigenvalue weighted by molar-refractivity contribution is 5.81. The first kappa shape index (κ1) is 11.3. The first-order chi connectivity index (χ1) is 7.68. The van der Waals surface area contributed by atoms with Gasteiger partial charge in [-0.15, -0.1) is 0 Å². The van der Waals surface area contributed by atoms with Gasteiger partial charge < -0.3 is 4.90 Å². The van der Waals surface area contributed by atoms with Gasteiger partial charge in [-0.05, 0) is 13.8 Å². The zero-order valence-electron chi connectivity index (χ0n) is 10.1. The second-order valence-electron chi connectivity index (χ2n) is 4.86. The number of carbonyl (C=O) groups excluding carboxylic acids is 1. The molecule has 1 saturated heterocycles. The summed E-state index contributed by atoms with van der Waals surface area (Å²) in [7, 11) is 0. The number of hydrogen-bond donors (Lipinski definition) is 1. The van der Waals surface area contributed by atoms with Gasteiger partial charge in [-0.25, -0.2) is 0 Å². The molecular weight excluding hydrogens is 198 g/mol. The number of carbonyl (C=O) groups is 1. The molecule has 0 bridgehead atoms. The summed E-state index contributed by atoms with van der Waals surface area (Å²) in [6.45, 7) is 6.29. The Bertz CT molecular complexity index is 360. The largest absolute Gasteiger partial charge is 0.328 e. The van der Waals surface area contributed by atoms with Gasteiger partial charge in [0, 0.05) is 5.56 Å². The van der Waals surface area contributed by atoms with E-state index in [1.54, 1.807) is 4.90 Å². The molecule has 0 radical (unpaired) electrons. The molecule has 1 aromatic rings. The first-order valence-electron chi connectivity index (χ1n) is 6.09. The molecule has 1 aromatic carbocycles. The second-order valence-corrected chi connectivity index (χ2v) is 4.86. The molecule has 0 aliphatic carbocycles. The van der Waals surface area contributed by atoms with Crippen LogP contribution in [0, 0.1) is 5.92 Å². The lowest BCUT2D eigenvalue weighted by Crippen LogP contribution is -3.16. The normalized spacial score (nSPS) is 30.4. The Morgan fingerprint density at radius 3 is 2.62 bits per heavy atom. The third kappa shape index (κ3) is 2.33. The number of Topliss-reactive ketones (excluding diaryl/α,β-unsaturated/α-hetero) is 1. The van der Waals surface area contributed by atoms with Gasteiger partial charge in [0.15, 0.2) is 0 Å². The molecule has 0 amide bonds. The van der Waals surface area contributed by atoms with Crippen molar-refractivity contribution in [2.24, 2.45) is 5.92 Å². The average Bonchev–Trinajstić information content (AvgIpc) is 2.31. The summed E-state index contributed by atoms with van der Waals surface area (Å²) in [6.07, 6.45) is 0.744. The standard InChI is InChI=1S/C14H19NO/c1-11-12(2)15(9-8-14(11)16)10-13-6-4-3-5-7-13/h3-7,11-12H,8-10H2,1-2H3/p+1/t11-,12-/m0/s1. The molecule has 1 N–H and O–H groups in total. The summed E-state index contributed by atoms with van der Waals surface area (Å²) >= 11 is 0. The quantitative estimate of drug-likeness (QED) is 0.788. The summed E-state index contributed by atoms with van der Waals surface area (Å²) < 4.78 is 0. The van der Waals surface area contributed by atoms with Gasteiger partial charge in [0.25, 0.3) is 0 Å². The zero-order chi connectivity index (χ0) is 11.5. The average molecular weight is 218 g/mol. The van der Waals surface area contributed by atoms with Gasteiger partial charge in [0.2, 0.25) is 0 Å². The molecule has 0 saturated carbocycles. The van der Waals surface area contributed by atoms with E-state index in [0.29, 0.717) is 11.8 Å². The molecule has 16 heavy (non-hydrogen) atoms. The highest BCUT2D eigenvalue weighted by Gasteiger charge is 2.33. The minimum absolute atomic E-state index is 0.215. The number of likely N-dealkylation sites (tertiary alicyclic amines) is 1. The van der Waals surface area contributed by atoms with Crippen LogP contribution < -0.4 is 4.90 Å². The van der Waals surface area contributed by atoms with E-state index in [2.05, 4.69) is 38.1 Å². The molecule has 1 aliphatic rings. The van der Waals surface area contributed by atoms with Crippen LogP contribution in [0.15, 0.2) is 30.3 Å². The number of hydrogen-bond acceptors (Lipinski definition) is 1. The lowest BCUT2D eigenvalue weighted by Gasteiger charge is -2.33. The van der Waals surface area contributed by atoms with Crippen molar-refractivity contribution in [1.29, 1.82) is 0 Å². The van der Waals surface area contributed by atoms with Crippen molar-refractivity contribution in [3.63, 3.8) is 0 Å². The van der Waals surface area contributed by atoms with E-state index in [4.69, 9.17) is 0 Å². The third-order valence-electron chi connectivity index (χ3n) is 3.87. The Morgan fingerprint density at radius 1 is 1.25 bits per heavy atom. The lowest BCUT2D eigenvalue weighted by molar-refractivity contribution is -0.941. The summed E-state index contributed by atoms with van der Waals surface area (Å²) in [5.74, 6) is 0.650. The molecule has 86 valence electrons. The summed E-state index contributed by atoms with van der Waals surface area (Å²) in [5, 5.41) is 0. The fraction of sp³-hybridized carbons (Fsp3) is 0.500. The van der Waals surface area contributed by atoms with Crippen LogP contribution >= 0.6 is 0 Å². The Morgan fingerprint density at radius 2 is 1.94 bits per heavy atom. The fourth-order valence-corrected chi connectivity index (χ4v) is 2.48. The molecule has 1 unspecified atom stereocenters. The molecule has 2 nitrogen and oxygen atoms in total. The number of quaternary nitrogens is 1. The highest BCUT2D eigenvalue weighted by atomic mass is 16.1. The van der Waals surface area contributed by atoms with Crippen LogP contribution in [0.1, 0.15) is 25.8 Å². The zero-order valence-corrected chi connectivity index (χ0v) is 10.1. The van der Waals surface area contributed by atoms with Crippen LogP contribution in [0.4, 0.5) is 0 Å². The van der Waals surface area contributed by atoms with Crippen molar-refractivity contribution in [3.8, 4) is 0 Å². The van der Waals surface area contributed by atoms with Crippen molar-refractivity contribution >= 4 is 5.78 Å². The second kappa shape index (κ2) is 4.79. The van der Waals surface area contributed by atoms with E-state index in [1.807, 2.05) is 6.07 Å². The highest BCUT2D eigenvalue weighted by Crippen LogP contribution is 2.09. The van der Waals surface area contributed by atoms with Crippen LogP contribution in [0.3, 0.4) is 0 Å². The maximum absolute atomic E-state index is 11.6. The first-order valence-corrected chi connectivity index (χ1v) is 6.09. The lowest BCUT2D eigenvalue weighted by atomic mass is 9.90. The summed E-state index contributed by atoms with van der Waals surface area (Å²) in [5.41, 5.74) is 1.37. The molecule has 1 heterocycles. The fourth-order valence-electron chi connectivity index (χ4n) is 2.48. The Kier molecular flexibility index (Phi) is 3.39. The minimum atomic E-state index is 0.215. The van der Waals surface area contributed by atoms with Gasteiger partial charge in [-0.3, -0.25) is 4.79 Å². The monoisotopic (exact) mass is 218 g/mol. The van der Waals surface area contributed by atoms with Gasteiger partial charge >= 0.3 is 0 Å². The minimum Gasteiger partial charge on any atom is -0.328 e. The van der Waals surface area contributed by atoms with E-state index in [-0.39, 0.29) is 5.92 Å². The number of piperidine rings is 1. The maximum atomic E-state index is 11.6. The van der Waals surface area contributed by atoms with E-state index in [1.165, 1.54) is 5.56 Å². The van der Waals surface area contributed by atoms with Crippen LogP contribution in [0.5, 0.6) is 0 Å². The molecule has 0 aromatic heterocycles. The van der Waals surface area contributed by atoms with Gasteiger partial charge in [0.1, 0.15) is 12.3 Å². The molecule has 2 heteroatoms. The summed E-state index contributed by atoms with van der Waals surface area (Å²) in [4.78, 5) is 13.1. The third-order valence-corrected chi connectivity index (χ3v) is 3.87. The Balaban J connectivity index is 2.03. The van der Waals surface area contributed by atoms with Crippen LogP contribution in [0.2, 0.25) is 0 Å². The number of nitrogens with one attached hydrogen (secondary N) is 1. The Labute approximate surface area is 97.3 Å². The van der Waals surface area contributed by atoms with Crippen molar-refractivity contribution < 1.29 is 9.69 Å². The number of ketones is 1. The van der Waals surface area contributed by atoms with Crippen LogP contribution in [0.25, 0.3) is 0 Å². The molecule has 0 spiro atoms. The maximum Gasteiger partial charge on any atom is 0.147 e. The SMILES string of the molecule is C[C@@H]1C(=O)CC[NH+](Cc2ccccc2)[C@H]1C. The van der Waals surface area contributed by atoms with E-state index in [9.17, 15) is 4.79 Å². The molecule has 1 fully saturated rings. The van der Waals surface area contributed by atoms with Crippen LogP contribution in [-0.2, 0) is 11.3 Å². The van der Waals surface area contributed by atoms with Gasteiger partial charge in [0.05, 0.1) is 24.9 Å². The molecule has 2 rings (SSSR count). The topological polar surface area (TPSA) is 21.5 Å². The smallest absolute Gasteiger partial charge is 0.147 e. The summed E-state index contributed by atoms with van der Waals surface area (Å²) in [6, 6.07) is 11.0. The Hall–Kier alpha value is -1.15. The molecule has 1 aliphatic heterocycles. The van der Waals surface area contributed by atoms with E-state index < -0.39 is 0 Å². The van der Waals surface area contributed by atoms with E-state index in [0.717, 1.165) is 19.5 Å². The van der Waals surface area contributed by atoms with Crippen LogP contribution in [-0.4, -0.2) is 18.4 Å². The van der Waals surface area contributed by atoms with Gasteiger partial charge in [-0.1, -0.05) is 30.3 Å². The van der Waals surface area contributed by atoms with Crippen molar-refractivity contribution in [3.05, 3.63) is 35.9 Å². The number of rotatable bonds is 2. The van der Waals surface area contributed by atoms with Crippen molar-refractivity contribution in [2.75, 3.05) is 6.54 Å². The van der Waals surface area contributed by atoms with E-state index >= 15 is 0 Å². The molecular formula is C14H20NO+. The predicted molar refractivity (Wildman–Crippen MR) is 64.2 cm³/mol. The molecule has 3 atom stereocenters. The van der Waals surface area contributed by atoms with Crippen molar-refractivity contribution in [1.82, 2.24) is 0 Å². The predicted octanol–water partition coefficient (Wildman–Crippen LogP) is 1.07. The van der Waals surface area contributed by atoms with Gasteiger partial charge in [-0.2, -0.15) is 0 Å². The van der Waals surface area contributed by atoms with Crippen molar-refractivity contribution in [2.45, 2.75) is 32.9 Å².